The Kier molecular flexibility index (Phi) is 5.12. The molecule has 1 aromatic heterocycles. The van der Waals surface area contributed by atoms with Crippen molar-refractivity contribution in [1.29, 1.82) is 0 Å². The van der Waals surface area contributed by atoms with Crippen LogP contribution in [-0.2, 0) is 12.8 Å². The summed E-state index contributed by atoms with van der Waals surface area (Å²) >= 11 is 0. The molecule has 0 saturated heterocycles. The molecule has 5 heteroatoms. The number of aryl methyl sites for hydroxylation is 2. The summed E-state index contributed by atoms with van der Waals surface area (Å²) in [5.74, 6) is -0.500. The maximum Gasteiger partial charge on any atom is 0.276 e. The monoisotopic (exact) mass is 385 g/mol. The molecule has 1 N–H and O–H groups in total. The first-order valence-electron chi connectivity index (χ1n) is 9.85. The second kappa shape index (κ2) is 7.87. The van der Waals surface area contributed by atoms with E-state index in [-0.39, 0.29) is 23.2 Å². The number of nitrogens with one attached hydrogen (secondary N) is 1. The third kappa shape index (κ3) is 3.63. The van der Waals surface area contributed by atoms with Gasteiger partial charge in [0.15, 0.2) is 0 Å². The van der Waals surface area contributed by atoms with Gasteiger partial charge in [0.1, 0.15) is 11.4 Å². The summed E-state index contributed by atoms with van der Waals surface area (Å²) in [6.45, 7) is 4.64. The Morgan fingerprint density at radius 2 is 1.76 bits per heavy atom. The number of rotatable bonds is 4. The van der Waals surface area contributed by atoms with Gasteiger partial charge in [-0.15, -0.1) is 0 Å². The lowest BCUT2D eigenvalue weighted by Gasteiger charge is -2.17. The van der Waals surface area contributed by atoms with Gasteiger partial charge in [-0.2, -0.15) is 0 Å². The predicted octanol–water partition coefficient (Wildman–Crippen LogP) is 4.41. The molecule has 2 aromatic carbocycles. The smallest absolute Gasteiger partial charge is 0.276 e. The zero-order chi connectivity index (χ0) is 20.4. The van der Waals surface area contributed by atoms with Gasteiger partial charge in [0.2, 0.25) is 0 Å². The molecule has 146 valence electrons. The van der Waals surface area contributed by atoms with Crippen LogP contribution < -0.4 is 10.2 Å². The first-order valence-corrected chi connectivity index (χ1v) is 9.85. The molecule has 0 radical (unpaired) electrons. The van der Waals surface area contributed by atoms with Crippen LogP contribution in [0.4, 0.5) is 11.4 Å². The van der Waals surface area contributed by atoms with Crippen LogP contribution in [0.3, 0.4) is 0 Å². The van der Waals surface area contributed by atoms with Crippen molar-refractivity contribution in [2.45, 2.75) is 26.7 Å². The molecule has 0 spiro atoms. The summed E-state index contributed by atoms with van der Waals surface area (Å²) in [7, 11) is 0. The van der Waals surface area contributed by atoms with E-state index < -0.39 is 0 Å². The second-order valence-electron chi connectivity index (χ2n) is 7.16. The van der Waals surface area contributed by atoms with Gasteiger partial charge in [0.25, 0.3) is 11.8 Å². The van der Waals surface area contributed by atoms with Crippen molar-refractivity contribution in [1.82, 2.24) is 4.98 Å². The largest absolute Gasteiger partial charge is 0.320 e. The quantitative estimate of drug-likeness (QED) is 0.724. The van der Waals surface area contributed by atoms with Crippen LogP contribution in [0.5, 0.6) is 0 Å². The van der Waals surface area contributed by atoms with Crippen LogP contribution in [0, 0.1) is 6.92 Å². The summed E-state index contributed by atoms with van der Waals surface area (Å²) < 4.78 is 0. The van der Waals surface area contributed by atoms with E-state index in [4.69, 9.17) is 0 Å². The lowest BCUT2D eigenvalue weighted by molar-refractivity contribution is 0.0984. The normalized spacial score (nSPS) is 12.6. The minimum Gasteiger partial charge on any atom is -0.320 e. The molecule has 2 heterocycles. The van der Waals surface area contributed by atoms with Gasteiger partial charge in [0, 0.05) is 17.9 Å². The number of aromatic nitrogens is 1. The first kappa shape index (κ1) is 18.9. The highest BCUT2D eigenvalue weighted by Crippen LogP contribution is 2.28. The molecule has 3 aromatic rings. The zero-order valence-electron chi connectivity index (χ0n) is 16.6. The van der Waals surface area contributed by atoms with Crippen molar-refractivity contribution in [2.75, 3.05) is 16.8 Å². The molecule has 0 saturated carbocycles. The number of benzene rings is 2. The number of carbonyl (C=O) groups excluding carboxylic acids is 2. The Labute approximate surface area is 170 Å². The summed E-state index contributed by atoms with van der Waals surface area (Å²) in [5, 5.41) is 2.97. The fourth-order valence-corrected chi connectivity index (χ4v) is 3.75. The van der Waals surface area contributed by atoms with E-state index in [1.54, 1.807) is 23.1 Å². The molecule has 4 rings (SSSR count). The molecule has 0 unspecified atom stereocenters. The van der Waals surface area contributed by atoms with Gasteiger partial charge in [-0.1, -0.05) is 49.4 Å². The number of anilines is 2. The minimum absolute atomic E-state index is 0.185. The van der Waals surface area contributed by atoms with Gasteiger partial charge in [-0.25, -0.2) is 4.98 Å². The number of pyridine rings is 1. The van der Waals surface area contributed by atoms with Crippen molar-refractivity contribution in [3.05, 3.63) is 88.7 Å². The lowest BCUT2D eigenvalue weighted by atomic mass is 10.1. The van der Waals surface area contributed by atoms with Crippen LogP contribution in [-0.4, -0.2) is 23.3 Å². The Balaban J connectivity index is 1.58. The minimum atomic E-state index is -0.314. The zero-order valence-corrected chi connectivity index (χ0v) is 16.6. The molecule has 0 bridgehead atoms. The van der Waals surface area contributed by atoms with Crippen molar-refractivity contribution in [3.8, 4) is 0 Å². The topological polar surface area (TPSA) is 62.3 Å². The van der Waals surface area contributed by atoms with E-state index >= 15 is 0 Å². The molecule has 5 nitrogen and oxygen atoms in total. The van der Waals surface area contributed by atoms with Gasteiger partial charge in [-0.05, 0) is 54.7 Å². The van der Waals surface area contributed by atoms with Crippen LogP contribution in [0.1, 0.15) is 44.6 Å². The highest BCUT2D eigenvalue weighted by Gasteiger charge is 2.26. The number of fused-ring (bicyclic) bond motifs is 1. The highest BCUT2D eigenvalue weighted by atomic mass is 16.2. The van der Waals surface area contributed by atoms with Crippen molar-refractivity contribution < 1.29 is 9.59 Å². The second-order valence-corrected chi connectivity index (χ2v) is 7.16. The van der Waals surface area contributed by atoms with Crippen molar-refractivity contribution >= 4 is 23.2 Å². The first-order chi connectivity index (χ1) is 14.1. The summed E-state index contributed by atoms with van der Waals surface area (Å²) in [6, 6.07) is 18.8. The average Bonchev–Trinajstić information content (AvgIpc) is 3.19. The number of carbonyl (C=O) groups is 2. The van der Waals surface area contributed by atoms with E-state index in [1.165, 1.54) is 0 Å². The molecule has 0 atom stereocenters. The molecule has 0 fully saturated rings. The standard InChI is InChI=1S/C24H23N3O2/c1-3-17-10-6-8-16(2)22(17)26-23(28)19-11-7-12-20(25-19)24(29)27-15-14-18-9-4-5-13-21(18)27/h4-13H,3,14-15H2,1-2H3,(H,26,28). The van der Waals surface area contributed by atoms with Crippen LogP contribution in [0.25, 0.3) is 0 Å². The van der Waals surface area contributed by atoms with E-state index in [0.29, 0.717) is 6.54 Å². The number of hydrogen-bond donors (Lipinski definition) is 1. The third-order valence-electron chi connectivity index (χ3n) is 5.31. The highest BCUT2D eigenvalue weighted by molar-refractivity contribution is 6.08. The molecule has 1 aliphatic rings. The van der Waals surface area contributed by atoms with Crippen LogP contribution in [0.2, 0.25) is 0 Å². The van der Waals surface area contributed by atoms with Gasteiger partial charge in [-0.3, -0.25) is 9.59 Å². The molecular weight excluding hydrogens is 362 g/mol. The van der Waals surface area contributed by atoms with E-state index in [2.05, 4.69) is 17.2 Å². The fourth-order valence-electron chi connectivity index (χ4n) is 3.75. The number of para-hydroxylation sites is 2. The Bertz CT molecular complexity index is 1090. The summed E-state index contributed by atoms with van der Waals surface area (Å²) in [6.07, 6.45) is 1.65. The SMILES string of the molecule is CCc1cccc(C)c1NC(=O)c1cccc(C(=O)N2CCc3ccccc32)n1. The molecule has 2 amide bonds. The van der Waals surface area contributed by atoms with E-state index in [0.717, 1.165) is 40.9 Å². The summed E-state index contributed by atoms with van der Waals surface area (Å²) in [5.41, 5.74) is 5.45. The van der Waals surface area contributed by atoms with Gasteiger partial charge < -0.3 is 10.2 Å². The van der Waals surface area contributed by atoms with Crippen molar-refractivity contribution in [2.24, 2.45) is 0 Å². The average molecular weight is 385 g/mol. The Hall–Kier alpha value is -3.47. The third-order valence-corrected chi connectivity index (χ3v) is 5.31. The van der Waals surface area contributed by atoms with E-state index in [1.807, 2.05) is 49.4 Å². The van der Waals surface area contributed by atoms with Crippen LogP contribution >= 0.6 is 0 Å². The molecular formula is C24H23N3O2. The number of amides is 2. The molecule has 0 aliphatic carbocycles. The lowest BCUT2D eigenvalue weighted by Crippen LogP contribution is -2.30. The van der Waals surface area contributed by atoms with Gasteiger partial charge >= 0.3 is 0 Å². The fraction of sp³-hybridized carbons (Fsp3) is 0.208. The van der Waals surface area contributed by atoms with Crippen molar-refractivity contribution in [3.63, 3.8) is 0 Å². The predicted molar refractivity (Wildman–Crippen MR) is 115 cm³/mol. The Morgan fingerprint density at radius 3 is 2.59 bits per heavy atom. The van der Waals surface area contributed by atoms with Gasteiger partial charge in [0.05, 0.1) is 0 Å². The maximum atomic E-state index is 13.0. The number of hydrogen-bond acceptors (Lipinski definition) is 3. The number of nitrogens with zero attached hydrogens (tertiary/aromatic N) is 2. The van der Waals surface area contributed by atoms with E-state index in [9.17, 15) is 9.59 Å². The summed E-state index contributed by atoms with van der Waals surface area (Å²) in [4.78, 5) is 32.0. The molecule has 29 heavy (non-hydrogen) atoms. The Morgan fingerprint density at radius 1 is 1.00 bits per heavy atom. The van der Waals surface area contributed by atoms with Crippen LogP contribution in [0.15, 0.2) is 60.7 Å². The maximum absolute atomic E-state index is 13.0. The molecule has 1 aliphatic heterocycles.